The third-order valence-electron chi connectivity index (χ3n) is 1.29. The van der Waals surface area contributed by atoms with E-state index in [1.807, 2.05) is 24.7 Å². The molecular formula is C7H13N3. The van der Waals surface area contributed by atoms with Crippen molar-refractivity contribution < 1.29 is 0 Å². The van der Waals surface area contributed by atoms with Crippen LogP contribution in [0.2, 0.25) is 0 Å². The largest absolute Gasteiger partial charge is 0.340 e. The molecule has 0 unspecified atom stereocenters. The molecule has 0 aliphatic carbocycles. The smallest absolute Gasteiger partial charge is 0.0946 e. The van der Waals surface area contributed by atoms with Gasteiger partial charge in [-0.25, -0.2) is 4.98 Å². The molecule has 1 heterocycles. The Bertz CT molecular complexity index is 202. The number of nitrogens with zero attached hydrogens (tertiary/aromatic N) is 2. The lowest BCUT2D eigenvalue weighted by atomic mass is 10.2. The molecule has 0 amide bonds. The Hall–Kier alpha value is -0.830. The van der Waals surface area contributed by atoms with Crippen LogP contribution in [-0.2, 0) is 13.5 Å². The number of hydrogen-bond acceptors (Lipinski definition) is 2. The molecule has 0 saturated heterocycles. The summed E-state index contributed by atoms with van der Waals surface area (Å²) in [5, 5.41) is 0. The summed E-state index contributed by atoms with van der Waals surface area (Å²) >= 11 is 0. The van der Waals surface area contributed by atoms with Crippen LogP contribution in [0, 0.1) is 0 Å². The molecule has 0 radical (unpaired) electrons. The second-order valence-corrected chi connectivity index (χ2v) is 2.71. The summed E-state index contributed by atoms with van der Waals surface area (Å²) in [7, 11) is 1.96. The second kappa shape index (κ2) is 2.84. The van der Waals surface area contributed by atoms with Gasteiger partial charge in [0, 0.05) is 25.7 Å². The second-order valence-electron chi connectivity index (χ2n) is 2.71. The van der Waals surface area contributed by atoms with Crippen molar-refractivity contribution in [2.45, 2.75) is 19.4 Å². The van der Waals surface area contributed by atoms with Gasteiger partial charge in [-0.05, 0) is 6.92 Å². The van der Waals surface area contributed by atoms with Gasteiger partial charge >= 0.3 is 0 Å². The van der Waals surface area contributed by atoms with E-state index in [9.17, 15) is 0 Å². The number of nitrogens with two attached hydrogens (primary N) is 1. The third kappa shape index (κ3) is 1.84. The van der Waals surface area contributed by atoms with Crippen molar-refractivity contribution in [1.29, 1.82) is 0 Å². The lowest BCUT2D eigenvalue weighted by Crippen LogP contribution is -2.17. The molecule has 1 rings (SSSR count). The summed E-state index contributed by atoms with van der Waals surface area (Å²) in [6, 6.07) is 0.204. The Kier molecular flexibility index (Phi) is 2.06. The van der Waals surface area contributed by atoms with Crippen LogP contribution in [0.15, 0.2) is 12.5 Å². The van der Waals surface area contributed by atoms with Crippen LogP contribution in [0.5, 0.6) is 0 Å². The van der Waals surface area contributed by atoms with E-state index in [2.05, 4.69) is 4.98 Å². The van der Waals surface area contributed by atoms with Gasteiger partial charge in [0.1, 0.15) is 0 Å². The summed E-state index contributed by atoms with van der Waals surface area (Å²) < 4.78 is 1.93. The fourth-order valence-electron chi connectivity index (χ4n) is 0.902. The quantitative estimate of drug-likeness (QED) is 0.640. The normalized spacial score (nSPS) is 13.5. The van der Waals surface area contributed by atoms with Crippen molar-refractivity contribution in [3.63, 3.8) is 0 Å². The van der Waals surface area contributed by atoms with Crippen molar-refractivity contribution in [3.8, 4) is 0 Å². The predicted octanol–water partition coefficient (Wildman–Crippen LogP) is 0.310. The highest BCUT2D eigenvalue weighted by atomic mass is 15.0. The SMILES string of the molecule is C[C@H](N)Cc1cn(C)cn1. The van der Waals surface area contributed by atoms with Gasteiger partial charge in [-0.15, -0.1) is 0 Å². The molecule has 56 valence electrons. The minimum Gasteiger partial charge on any atom is -0.340 e. The van der Waals surface area contributed by atoms with Gasteiger partial charge in [0.05, 0.1) is 12.0 Å². The molecule has 0 aromatic carbocycles. The summed E-state index contributed by atoms with van der Waals surface area (Å²) in [6.45, 7) is 1.98. The van der Waals surface area contributed by atoms with E-state index in [4.69, 9.17) is 5.73 Å². The van der Waals surface area contributed by atoms with Crippen molar-refractivity contribution >= 4 is 0 Å². The summed E-state index contributed by atoms with van der Waals surface area (Å²) in [6.07, 6.45) is 4.64. The average molecular weight is 139 g/mol. The molecule has 0 spiro atoms. The van der Waals surface area contributed by atoms with Crippen molar-refractivity contribution in [2.24, 2.45) is 12.8 Å². The summed E-state index contributed by atoms with van der Waals surface area (Å²) in [4.78, 5) is 4.14. The van der Waals surface area contributed by atoms with Crippen LogP contribution in [0.4, 0.5) is 0 Å². The van der Waals surface area contributed by atoms with Crippen LogP contribution in [0.3, 0.4) is 0 Å². The Morgan fingerprint density at radius 2 is 2.50 bits per heavy atom. The molecule has 0 aliphatic rings. The zero-order valence-electron chi connectivity index (χ0n) is 6.41. The molecule has 0 bridgehead atoms. The average Bonchev–Trinajstić information content (AvgIpc) is 2.13. The maximum Gasteiger partial charge on any atom is 0.0946 e. The highest BCUT2D eigenvalue weighted by Gasteiger charge is 1.98. The van der Waals surface area contributed by atoms with E-state index < -0.39 is 0 Å². The van der Waals surface area contributed by atoms with Gasteiger partial charge in [0.15, 0.2) is 0 Å². The van der Waals surface area contributed by atoms with Gasteiger partial charge < -0.3 is 10.3 Å². The van der Waals surface area contributed by atoms with Gasteiger partial charge in [-0.2, -0.15) is 0 Å². The molecule has 2 N–H and O–H groups in total. The molecule has 1 atom stereocenters. The zero-order valence-corrected chi connectivity index (χ0v) is 6.41. The number of imidazole rings is 1. The topological polar surface area (TPSA) is 43.8 Å². The Morgan fingerprint density at radius 3 is 2.90 bits per heavy atom. The number of aryl methyl sites for hydroxylation is 1. The molecule has 3 nitrogen and oxygen atoms in total. The molecule has 3 heteroatoms. The monoisotopic (exact) mass is 139 g/mol. The van der Waals surface area contributed by atoms with Crippen molar-refractivity contribution in [2.75, 3.05) is 0 Å². The van der Waals surface area contributed by atoms with E-state index in [0.717, 1.165) is 12.1 Å². The number of hydrogen-bond donors (Lipinski definition) is 1. The van der Waals surface area contributed by atoms with Gasteiger partial charge in [-0.1, -0.05) is 0 Å². The van der Waals surface area contributed by atoms with Crippen LogP contribution >= 0.6 is 0 Å². The van der Waals surface area contributed by atoms with Gasteiger partial charge in [0.25, 0.3) is 0 Å². The first-order valence-corrected chi connectivity index (χ1v) is 3.41. The summed E-state index contributed by atoms with van der Waals surface area (Å²) in [5.74, 6) is 0. The zero-order chi connectivity index (χ0) is 7.56. The Balaban J connectivity index is 2.58. The van der Waals surface area contributed by atoms with Gasteiger partial charge in [-0.3, -0.25) is 0 Å². The first-order valence-electron chi connectivity index (χ1n) is 3.41. The lowest BCUT2D eigenvalue weighted by Gasteiger charge is -1.98. The van der Waals surface area contributed by atoms with Crippen LogP contribution in [0.1, 0.15) is 12.6 Å². The van der Waals surface area contributed by atoms with Crippen LogP contribution in [-0.4, -0.2) is 15.6 Å². The minimum absolute atomic E-state index is 0.204. The van der Waals surface area contributed by atoms with Crippen LogP contribution in [0.25, 0.3) is 0 Å². The Labute approximate surface area is 60.9 Å². The fraction of sp³-hybridized carbons (Fsp3) is 0.571. The predicted molar refractivity (Wildman–Crippen MR) is 40.6 cm³/mol. The molecule has 0 aliphatic heterocycles. The first-order chi connectivity index (χ1) is 4.68. The summed E-state index contributed by atoms with van der Waals surface area (Å²) in [5.41, 5.74) is 6.65. The first kappa shape index (κ1) is 7.28. The van der Waals surface area contributed by atoms with Gasteiger partial charge in [0.2, 0.25) is 0 Å². The molecule has 1 aromatic rings. The highest BCUT2D eigenvalue weighted by molar-refractivity contribution is 4.97. The maximum atomic E-state index is 5.58. The Morgan fingerprint density at radius 1 is 1.80 bits per heavy atom. The number of aromatic nitrogens is 2. The lowest BCUT2D eigenvalue weighted by molar-refractivity contribution is 0.724. The van der Waals surface area contributed by atoms with Crippen LogP contribution < -0.4 is 5.73 Å². The van der Waals surface area contributed by atoms with Crippen molar-refractivity contribution in [3.05, 3.63) is 18.2 Å². The third-order valence-corrected chi connectivity index (χ3v) is 1.29. The van der Waals surface area contributed by atoms with E-state index >= 15 is 0 Å². The molecule has 10 heavy (non-hydrogen) atoms. The van der Waals surface area contributed by atoms with E-state index in [1.165, 1.54) is 0 Å². The minimum atomic E-state index is 0.204. The maximum absolute atomic E-state index is 5.58. The highest BCUT2D eigenvalue weighted by Crippen LogP contribution is 1.96. The standard InChI is InChI=1S/C7H13N3/c1-6(8)3-7-4-10(2)5-9-7/h4-6H,3,8H2,1-2H3/t6-/m0/s1. The van der Waals surface area contributed by atoms with E-state index in [1.54, 1.807) is 6.33 Å². The molecule has 1 aromatic heterocycles. The van der Waals surface area contributed by atoms with Crippen molar-refractivity contribution in [1.82, 2.24) is 9.55 Å². The fourth-order valence-corrected chi connectivity index (χ4v) is 0.902. The molecular weight excluding hydrogens is 126 g/mol. The number of rotatable bonds is 2. The molecule has 0 fully saturated rings. The van der Waals surface area contributed by atoms with E-state index in [0.29, 0.717) is 0 Å². The van der Waals surface area contributed by atoms with E-state index in [-0.39, 0.29) is 6.04 Å². The molecule has 0 saturated carbocycles.